The molecule has 0 unspecified atom stereocenters. The van der Waals surface area contributed by atoms with Crippen LogP contribution in [0.25, 0.3) is 0 Å². The van der Waals surface area contributed by atoms with Crippen molar-refractivity contribution in [1.29, 1.82) is 0 Å². The Morgan fingerprint density at radius 1 is 1.31 bits per heavy atom. The van der Waals surface area contributed by atoms with Gasteiger partial charge < -0.3 is 5.73 Å². The molecule has 0 saturated heterocycles. The SMILES string of the molecule is CC(C)(C)CS(=O)(=O)N(CCCN)C1CC1. The first kappa shape index (κ1) is 13.9. The van der Waals surface area contributed by atoms with Crippen LogP contribution in [-0.2, 0) is 10.0 Å². The van der Waals surface area contributed by atoms with Crippen molar-refractivity contribution in [3.8, 4) is 0 Å². The Bertz CT molecular complexity index is 315. The second-order valence-corrected chi connectivity index (χ2v) is 7.72. The van der Waals surface area contributed by atoms with Crippen LogP contribution in [0.5, 0.6) is 0 Å². The molecule has 1 aliphatic carbocycles. The maximum Gasteiger partial charge on any atom is 0.214 e. The van der Waals surface area contributed by atoms with Crippen molar-refractivity contribution < 1.29 is 8.42 Å². The quantitative estimate of drug-likeness (QED) is 0.767. The molecule has 1 fully saturated rings. The van der Waals surface area contributed by atoms with Gasteiger partial charge in [0.25, 0.3) is 0 Å². The van der Waals surface area contributed by atoms with E-state index in [0.717, 1.165) is 19.3 Å². The second kappa shape index (κ2) is 5.02. The van der Waals surface area contributed by atoms with Crippen LogP contribution < -0.4 is 5.73 Å². The van der Waals surface area contributed by atoms with Gasteiger partial charge in [0.15, 0.2) is 0 Å². The number of hydrogen-bond acceptors (Lipinski definition) is 3. The molecule has 0 atom stereocenters. The highest BCUT2D eigenvalue weighted by Gasteiger charge is 2.38. The van der Waals surface area contributed by atoms with Gasteiger partial charge in [-0.2, -0.15) is 4.31 Å². The normalized spacial score (nSPS) is 18.1. The van der Waals surface area contributed by atoms with Crippen molar-refractivity contribution in [1.82, 2.24) is 4.31 Å². The largest absolute Gasteiger partial charge is 0.330 e. The topological polar surface area (TPSA) is 63.4 Å². The summed E-state index contributed by atoms with van der Waals surface area (Å²) in [5.41, 5.74) is 5.26. The molecule has 1 saturated carbocycles. The maximum absolute atomic E-state index is 12.2. The molecule has 16 heavy (non-hydrogen) atoms. The van der Waals surface area contributed by atoms with E-state index >= 15 is 0 Å². The summed E-state index contributed by atoms with van der Waals surface area (Å²) in [7, 11) is -3.11. The zero-order valence-corrected chi connectivity index (χ0v) is 11.4. The number of rotatable bonds is 6. The number of nitrogens with two attached hydrogens (primary N) is 1. The lowest BCUT2D eigenvalue weighted by molar-refractivity contribution is 0.379. The Morgan fingerprint density at radius 3 is 2.25 bits per heavy atom. The Hall–Kier alpha value is -0.130. The molecular weight excluding hydrogens is 224 g/mol. The third-order valence-corrected chi connectivity index (χ3v) is 4.94. The van der Waals surface area contributed by atoms with Gasteiger partial charge in [0.05, 0.1) is 5.75 Å². The summed E-state index contributed by atoms with van der Waals surface area (Å²) >= 11 is 0. The number of hydrogen-bond donors (Lipinski definition) is 1. The predicted molar refractivity (Wildman–Crippen MR) is 66.6 cm³/mol. The minimum atomic E-state index is -3.11. The van der Waals surface area contributed by atoms with E-state index < -0.39 is 10.0 Å². The standard InChI is InChI=1S/C11H24N2O2S/c1-11(2,3)9-16(14,15)13(8-4-7-12)10-5-6-10/h10H,4-9,12H2,1-3H3. The van der Waals surface area contributed by atoms with Gasteiger partial charge in [0.2, 0.25) is 10.0 Å². The minimum Gasteiger partial charge on any atom is -0.330 e. The van der Waals surface area contributed by atoms with E-state index in [1.54, 1.807) is 4.31 Å². The molecule has 0 amide bonds. The van der Waals surface area contributed by atoms with Crippen molar-refractivity contribution in [2.24, 2.45) is 11.1 Å². The zero-order valence-electron chi connectivity index (χ0n) is 10.6. The fraction of sp³-hybridized carbons (Fsp3) is 1.00. The molecule has 0 aromatic rings. The fourth-order valence-corrected chi connectivity index (χ4v) is 4.12. The van der Waals surface area contributed by atoms with Crippen LogP contribution >= 0.6 is 0 Å². The summed E-state index contributed by atoms with van der Waals surface area (Å²) in [6.45, 7) is 7.00. The number of nitrogens with zero attached hydrogens (tertiary/aromatic N) is 1. The molecule has 2 N–H and O–H groups in total. The van der Waals surface area contributed by atoms with Crippen LogP contribution in [0, 0.1) is 5.41 Å². The molecule has 1 rings (SSSR count). The van der Waals surface area contributed by atoms with Gasteiger partial charge in [-0.25, -0.2) is 8.42 Å². The van der Waals surface area contributed by atoms with E-state index in [1.807, 2.05) is 20.8 Å². The molecule has 0 aromatic heterocycles. The van der Waals surface area contributed by atoms with Crippen LogP contribution in [0.1, 0.15) is 40.0 Å². The van der Waals surface area contributed by atoms with Crippen LogP contribution in [0.3, 0.4) is 0 Å². The Morgan fingerprint density at radius 2 is 1.88 bits per heavy atom. The maximum atomic E-state index is 12.2. The van der Waals surface area contributed by atoms with Gasteiger partial charge in [-0.05, 0) is 31.2 Å². The summed E-state index contributed by atoms with van der Waals surface area (Å²) in [6, 6.07) is 0.249. The van der Waals surface area contributed by atoms with Gasteiger partial charge >= 0.3 is 0 Å². The summed E-state index contributed by atoms with van der Waals surface area (Å²) < 4.78 is 26.1. The van der Waals surface area contributed by atoms with Gasteiger partial charge in [0, 0.05) is 12.6 Å². The summed E-state index contributed by atoms with van der Waals surface area (Å²) in [5.74, 6) is 0.223. The van der Waals surface area contributed by atoms with Crippen molar-refractivity contribution in [3.63, 3.8) is 0 Å². The third kappa shape index (κ3) is 4.39. The zero-order chi connectivity index (χ0) is 12.4. The lowest BCUT2D eigenvalue weighted by Gasteiger charge is -2.26. The molecule has 0 radical (unpaired) electrons. The van der Waals surface area contributed by atoms with Crippen molar-refractivity contribution >= 4 is 10.0 Å². The smallest absolute Gasteiger partial charge is 0.214 e. The Balaban J connectivity index is 2.68. The molecule has 0 aromatic carbocycles. The first-order valence-corrected chi connectivity index (χ1v) is 7.57. The molecule has 0 heterocycles. The molecule has 0 aliphatic heterocycles. The summed E-state index contributed by atoms with van der Waals surface area (Å²) in [5, 5.41) is 0. The van der Waals surface area contributed by atoms with E-state index in [-0.39, 0.29) is 17.2 Å². The summed E-state index contributed by atoms with van der Waals surface area (Å²) in [6.07, 6.45) is 2.77. The van der Waals surface area contributed by atoms with E-state index in [1.165, 1.54) is 0 Å². The second-order valence-electron chi connectivity index (χ2n) is 5.80. The highest BCUT2D eigenvalue weighted by Crippen LogP contribution is 2.31. The Labute approximate surface area is 99.2 Å². The van der Waals surface area contributed by atoms with Crippen LogP contribution in [0.2, 0.25) is 0 Å². The molecule has 0 bridgehead atoms. The van der Waals surface area contributed by atoms with E-state index in [4.69, 9.17) is 5.73 Å². The van der Waals surface area contributed by atoms with Crippen LogP contribution in [0.4, 0.5) is 0 Å². The average Bonchev–Trinajstić information content (AvgIpc) is 2.83. The van der Waals surface area contributed by atoms with Crippen molar-refractivity contribution in [3.05, 3.63) is 0 Å². The molecular formula is C11H24N2O2S. The Kier molecular flexibility index (Phi) is 4.37. The van der Waals surface area contributed by atoms with Crippen LogP contribution in [-0.4, -0.2) is 37.6 Å². The minimum absolute atomic E-state index is 0.186. The van der Waals surface area contributed by atoms with E-state index in [0.29, 0.717) is 13.1 Å². The molecule has 96 valence electrons. The molecule has 1 aliphatic rings. The lowest BCUT2D eigenvalue weighted by atomic mass is 10.0. The van der Waals surface area contributed by atoms with Gasteiger partial charge in [-0.3, -0.25) is 0 Å². The first-order valence-electron chi connectivity index (χ1n) is 5.96. The predicted octanol–water partition coefficient (Wildman–Crippen LogP) is 1.18. The van der Waals surface area contributed by atoms with Gasteiger partial charge in [0.1, 0.15) is 0 Å². The van der Waals surface area contributed by atoms with Crippen LogP contribution in [0.15, 0.2) is 0 Å². The van der Waals surface area contributed by atoms with Crippen molar-refractivity contribution in [2.75, 3.05) is 18.8 Å². The number of sulfonamides is 1. The van der Waals surface area contributed by atoms with E-state index in [2.05, 4.69) is 0 Å². The molecule has 5 heteroatoms. The monoisotopic (exact) mass is 248 g/mol. The molecule has 0 spiro atoms. The summed E-state index contributed by atoms with van der Waals surface area (Å²) in [4.78, 5) is 0. The highest BCUT2D eigenvalue weighted by molar-refractivity contribution is 7.89. The van der Waals surface area contributed by atoms with E-state index in [9.17, 15) is 8.42 Å². The lowest BCUT2D eigenvalue weighted by Crippen LogP contribution is -2.39. The van der Waals surface area contributed by atoms with Gasteiger partial charge in [-0.15, -0.1) is 0 Å². The van der Waals surface area contributed by atoms with Crippen molar-refractivity contribution in [2.45, 2.75) is 46.1 Å². The molecule has 4 nitrogen and oxygen atoms in total. The average molecular weight is 248 g/mol. The highest BCUT2D eigenvalue weighted by atomic mass is 32.2. The fourth-order valence-electron chi connectivity index (χ4n) is 1.79. The first-order chi connectivity index (χ1) is 7.26. The van der Waals surface area contributed by atoms with Gasteiger partial charge in [-0.1, -0.05) is 20.8 Å². The third-order valence-electron chi connectivity index (χ3n) is 2.51.